The average Bonchev–Trinajstić information content (AvgIpc) is 2.79. The van der Waals surface area contributed by atoms with Crippen LogP contribution in [0.3, 0.4) is 0 Å². The summed E-state index contributed by atoms with van der Waals surface area (Å²) in [7, 11) is 4.18. The quantitative estimate of drug-likeness (QED) is 0.110. The third-order valence-corrected chi connectivity index (χ3v) is 7.15. The topological polar surface area (TPSA) is 66.8 Å². The molecule has 0 saturated heterocycles. The molecule has 0 aromatic heterocycles. The Hall–Kier alpha value is -0.790. The summed E-state index contributed by atoms with van der Waals surface area (Å²) in [5.74, 6) is 1.30. The fraction of sp³-hybridized carbons (Fsp3) is 0.926. The molecular weight excluding hydrogens is 448 g/mol. The zero-order valence-electron chi connectivity index (χ0n) is 22.8. The third-order valence-electron chi connectivity index (χ3n) is 6.23. The van der Waals surface area contributed by atoms with E-state index in [0.717, 1.165) is 42.6 Å². The van der Waals surface area contributed by atoms with Crippen molar-refractivity contribution >= 4 is 23.6 Å². The molecule has 0 aliphatic carbocycles. The molecule has 0 aromatic rings. The molecule has 0 heterocycles. The highest BCUT2D eigenvalue weighted by atomic mass is 32.2. The summed E-state index contributed by atoms with van der Waals surface area (Å²) in [6.45, 7) is 7.59. The molecule has 0 bridgehead atoms. The number of carbonyl (C=O) groups excluding carboxylic acids is 2. The molecule has 0 fully saturated rings. The number of nitrogens with zero attached hydrogens (tertiary/aromatic N) is 2. The number of aliphatic hydroxyl groups excluding tert-OH is 1. The average molecular weight is 504 g/mol. The largest absolute Gasteiger partial charge is 0.464 e. The maximum atomic E-state index is 12.6. The molecule has 6 nitrogen and oxygen atoms in total. The predicted octanol–water partition coefficient (Wildman–Crippen LogP) is 5.27. The van der Waals surface area contributed by atoms with Crippen molar-refractivity contribution in [3.8, 4) is 0 Å². The van der Waals surface area contributed by atoms with E-state index in [1.165, 1.54) is 57.8 Å². The SMILES string of the molecule is CCCCCCCCCCCCCC(=O)OCCN(CCC)C(=O)CSCC[N+](C)(C)CCO. The van der Waals surface area contributed by atoms with E-state index >= 15 is 0 Å². The monoisotopic (exact) mass is 503 g/mol. The van der Waals surface area contributed by atoms with Gasteiger partial charge in [0.1, 0.15) is 13.2 Å². The van der Waals surface area contributed by atoms with E-state index in [2.05, 4.69) is 27.9 Å². The number of hydrogen-bond donors (Lipinski definition) is 1. The minimum absolute atomic E-state index is 0.112. The van der Waals surface area contributed by atoms with Crippen molar-refractivity contribution in [2.45, 2.75) is 97.3 Å². The first kappa shape index (κ1) is 33.2. The van der Waals surface area contributed by atoms with Crippen LogP contribution in [-0.2, 0) is 14.3 Å². The van der Waals surface area contributed by atoms with Crippen LogP contribution in [0.2, 0.25) is 0 Å². The normalized spacial score (nSPS) is 11.6. The van der Waals surface area contributed by atoms with Gasteiger partial charge in [-0.3, -0.25) is 9.59 Å². The smallest absolute Gasteiger partial charge is 0.305 e. The highest BCUT2D eigenvalue weighted by molar-refractivity contribution is 7.99. The van der Waals surface area contributed by atoms with Gasteiger partial charge < -0.3 is 19.2 Å². The Morgan fingerprint density at radius 2 is 1.41 bits per heavy atom. The highest BCUT2D eigenvalue weighted by Gasteiger charge is 2.16. The summed E-state index contributed by atoms with van der Waals surface area (Å²) >= 11 is 1.64. The molecule has 202 valence electrons. The minimum atomic E-state index is -0.141. The Morgan fingerprint density at radius 3 is 1.97 bits per heavy atom. The van der Waals surface area contributed by atoms with Crippen molar-refractivity contribution in [3.63, 3.8) is 0 Å². The number of aliphatic hydroxyl groups is 1. The molecule has 1 amide bonds. The standard InChI is InChI=1S/C27H55N2O4S/c1-5-7-8-9-10-11-12-13-14-15-16-17-27(32)33-23-19-28(18-6-2)26(31)25-34-24-21-29(3,4)20-22-30/h30H,5-25H2,1-4H3/q+1. The first-order valence-corrected chi connectivity index (χ1v) is 15.0. The van der Waals surface area contributed by atoms with E-state index in [1.807, 2.05) is 4.90 Å². The molecule has 0 radical (unpaired) electrons. The molecular formula is C27H55N2O4S+. The summed E-state index contributed by atoms with van der Waals surface area (Å²) in [4.78, 5) is 26.4. The van der Waals surface area contributed by atoms with Gasteiger partial charge in [-0.15, -0.1) is 11.8 Å². The van der Waals surface area contributed by atoms with Gasteiger partial charge in [0.15, 0.2) is 0 Å². The Bertz CT molecular complexity index is 503. The highest BCUT2D eigenvalue weighted by Crippen LogP contribution is 2.12. The molecule has 0 atom stereocenters. The number of quaternary nitrogens is 1. The summed E-state index contributed by atoms with van der Waals surface area (Å²) in [6, 6.07) is 0. The van der Waals surface area contributed by atoms with Crippen LogP contribution in [0.1, 0.15) is 97.3 Å². The molecule has 0 saturated carbocycles. The van der Waals surface area contributed by atoms with Crippen LogP contribution in [0, 0.1) is 0 Å². The summed E-state index contributed by atoms with van der Waals surface area (Å²) < 4.78 is 6.15. The molecule has 0 aliphatic heterocycles. The second-order valence-corrected chi connectivity index (χ2v) is 11.2. The van der Waals surface area contributed by atoms with E-state index in [9.17, 15) is 9.59 Å². The van der Waals surface area contributed by atoms with E-state index in [0.29, 0.717) is 25.3 Å². The number of likely N-dealkylation sites (N-methyl/N-ethyl adjacent to an activating group) is 1. The Balaban J connectivity index is 3.82. The lowest BCUT2D eigenvalue weighted by molar-refractivity contribution is -0.888. The first-order valence-electron chi connectivity index (χ1n) is 13.8. The second-order valence-electron chi connectivity index (χ2n) is 10.0. The number of hydrogen-bond acceptors (Lipinski definition) is 5. The molecule has 0 aliphatic rings. The van der Waals surface area contributed by atoms with Crippen LogP contribution < -0.4 is 0 Å². The third kappa shape index (κ3) is 20.6. The number of ether oxygens (including phenoxy) is 1. The van der Waals surface area contributed by atoms with Gasteiger partial charge in [0.25, 0.3) is 0 Å². The van der Waals surface area contributed by atoms with Crippen molar-refractivity contribution in [1.82, 2.24) is 4.90 Å². The van der Waals surface area contributed by atoms with E-state index in [1.54, 1.807) is 11.8 Å². The van der Waals surface area contributed by atoms with Crippen LogP contribution in [-0.4, -0.2) is 91.4 Å². The molecule has 0 rings (SSSR count). The van der Waals surface area contributed by atoms with Crippen LogP contribution in [0.4, 0.5) is 0 Å². The fourth-order valence-electron chi connectivity index (χ4n) is 3.85. The number of rotatable bonds is 24. The first-order chi connectivity index (χ1) is 16.4. The maximum absolute atomic E-state index is 12.6. The summed E-state index contributed by atoms with van der Waals surface area (Å²) in [5, 5.41) is 9.11. The summed E-state index contributed by atoms with van der Waals surface area (Å²) in [6.07, 6.45) is 15.3. The molecule has 0 aromatic carbocycles. The lowest BCUT2D eigenvalue weighted by Crippen LogP contribution is -2.43. The fourth-order valence-corrected chi connectivity index (χ4v) is 4.98. The number of esters is 1. The molecule has 1 N–H and O–H groups in total. The zero-order valence-corrected chi connectivity index (χ0v) is 23.6. The zero-order chi connectivity index (χ0) is 25.5. The molecule has 7 heteroatoms. The molecule has 0 unspecified atom stereocenters. The second kappa shape index (κ2) is 22.7. The number of amides is 1. The van der Waals surface area contributed by atoms with E-state index in [-0.39, 0.29) is 25.1 Å². The van der Waals surface area contributed by atoms with Gasteiger partial charge in [0, 0.05) is 18.7 Å². The lowest BCUT2D eigenvalue weighted by Gasteiger charge is -2.28. The van der Waals surface area contributed by atoms with Gasteiger partial charge in [-0.05, 0) is 12.8 Å². The van der Waals surface area contributed by atoms with Crippen LogP contribution >= 0.6 is 11.8 Å². The molecule has 34 heavy (non-hydrogen) atoms. The van der Waals surface area contributed by atoms with E-state index < -0.39 is 0 Å². The van der Waals surface area contributed by atoms with Gasteiger partial charge in [-0.25, -0.2) is 0 Å². The van der Waals surface area contributed by atoms with Gasteiger partial charge in [-0.1, -0.05) is 78.1 Å². The van der Waals surface area contributed by atoms with Crippen molar-refractivity contribution in [1.29, 1.82) is 0 Å². The van der Waals surface area contributed by atoms with Gasteiger partial charge in [0.2, 0.25) is 5.91 Å². The van der Waals surface area contributed by atoms with Gasteiger partial charge >= 0.3 is 5.97 Å². The Kier molecular flexibility index (Phi) is 22.1. The summed E-state index contributed by atoms with van der Waals surface area (Å²) in [5.41, 5.74) is 0. The van der Waals surface area contributed by atoms with Gasteiger partial charge in [0.05, 0.1) is 39.5 Å². The number of unbranched alkanes of at least 4 members (excludes halogenated alkanes) is 10. The number of thioether (sulfide) groups is 1. The minimum Gasteiger partial charge on any atom is -0.464 e. The van der Waals surface area contributed by atoms with Crippen LogP contribution in [0.5, 0.6) is 0 Å². The van der Waals surface area contributed by atoms with Gasteiger partial charge in [-0.2, -0.15) is 0 Å². The predicted molar refractivity (Wildman–Crippen MR) is 145 cm³/mol. The Labute approximate surface area is 214 Å². The van der Waals surface area contributed by atoms with E-state index in [4.69, 9.17) is 9.84 Å². The Morgan fingerprint density at radius 1 is 0.824 bits per heavy atom. The maximum Gasteiger partial charge on any atom is 0.305 e. The molecule has 0 spiro atoms. The van der Waals surface area contributed by atoms with Crippen LogP contribution in [0.15, 0.2) is 0 Å². The van der Waals surface area contributed by atoms with Crippen molar-refractivity contribution in [2.24, 2.45) is 0 Å². The van der Waals surface area contributed by atoms with Crippen molar-refractivity contribution in [3.05, 3.63) is 0 Å². The van der Waals surface area contributed by atoms with Crippen molar-refractivity contribution < 1.29 is 23.9 Å². The lowest BCUT2D eigenvalue weighted by atomic mass is 10.1. The van der Waals surface area contributed by atoms with Crippen molar-refractivity contribution in [2.75, 3.05) is 65.0 Å². The number of carbonyl (C=O) groups is 2. The van der Waals surface area contributed by atoms with Crippen LogP contribution in [0.25, 0.3) is 0 Å².